The Labute approximate surface area is 136 Å². The van der Waals surface area contributed by atoms with Crippen LogP contribution in [0.3, 0.4) is 0 Å². The molecule has 1 N–H and O–H groups in total. The van der Waals surface area contributed by atoms with E-state index in [4.69, 9.17) is 4.74 Å². The lowest BCUT2D eigenvalue weighted by molar-refractivity contribution is 0.409. The zero-order valence-corrected chi connectivity index (χ0v) is 14.9. The van der Waals surface area contributed by atoms with Gasteiger partial charge in [-0.25, -0.2) is 0 Å². The van der Waals surface area contributed by atoms with Crippen LogP contribution in [0.4, 0.5) is 5.69 Å². The molecule has 0 radical (unpaired) electrons. The van der Waals surface area contributed by atoms with Gasteiger partial charge in [0.2, 0.25) is 0 Å². The van der Waals surface area contributed by atoms with Crippen LogP contribution in [0.25, 0.3) is 0 Å². The van der Waals surface area contributed by atoms with Crippen LogP contribution in [0, 0.1) is 13.8 Å². The first kappa shape index (κ1) is 15.4. The van der Waals surface area contributed by atoms with E-state index < -0.39 is 0 Å². The minimum Gasteiger partial charge on any atom is -0.494 e. The molecule has 0 saturated heterocycles. The van der Waals surface area contributed by atoms with Gasteiger partial charge < -0.3 is 10.1 Å². The van der Waals surface area contributed by atoms with Gasteiger partial charge in [0, 0.05) is 12.2 Å². The molecule has 0 bridgehead atoms. The Bertz CT molecular complexity index is 603. The number of anilines is 1. The minimum atomic E-state index is 0.768. The number of rotatable bonds is 4. The van der Waals surface area contributed by atoms with E-state index in [0.717, 1.165) is 26.9 Å². The average Bonchev–Trinajstić information content (AvgIpc) is 2.40. The predicted octanol–water partition coefficient (Wildman–Crippen LogP) is 5.45. The Balaban J connectivity index is 2.13. The minimum absolute atomic E-state index is 0.768. The van der Waals surface area contributed by atoms with Crippen LogP contribution in [-0.4, -0.2) is 7.11 Å². The standard InChI is InChI=1S/C16H17Br2NO/c1-10-4-5-13(6-11(10)2)19-9-12-7-14(17)16(20-3)15(18)8-12/h4-8,19H,9H2,1-3H3. The molecule has 0 aliphatic rings. The summed E-state index contributed by atoms with van der Waals surface area (Å²) in [5.74, 6) is 0.819. The van der Waals surface area contributed by atoms with Crippen molar-refractivity contribution in [3.63, 3.8) is 0 Å². The van der Waals surface area contributed by atoms with Gasteiger partial charge in [-0.05, 0) is 86.7 Å². The van der Waals surface area contributed by atoms with Crippen molar-refractivity contribution in [3.05, 3.63) is 56.0 Å². The van der Waals surface area contributed by atoms with E-state index in [0.29, 0.717) is 0 Å². The number of aryl methyl sites for hydroxylation is 2. The highest BCUT2D eigenvalue weighted by atomic mass is 79.9. The summed E-state index contributed by atoms with van der Waals surface area (Å²) in [6.07, 6.45) is 0. The molecule has 20 heavy (non-hydrogen) atoms. The Hall–Kier alpha value is -1.00. The summed E-state index contributed by atoms with van der Waals surface area (Å²) in [7, 11) is 1.66. The fourth-order valence-corrected chi connectivity index (χ4v) is 3.57. The van der Waals surface area contributed by atoms with E-state index >= 15 is 0 Å². The molecule has 0 atom stereocenters. The SMILES string of the molecule is COc1c(Br)cc(CNc2ccc(C)c(C)c2)cc1Br. The third-order valence-electron chi connectivity index (χ3n) is 3.27. The molecule has 2 rings (SSSR count). The van der Waals surface area contributed by atoms with Crippen molar-refractivity contribution in [2.45, 2.75) is 20.4 Å². The third-order valence-corrected chi connectivity index (χ3v) is 4.44. The summed E-state index contributed by atoms with van der Waals surface area (Å²) in [6, 6.07) is 10.5. The lowest BCUT2D eigenvalue weighted by Crippen LogP contribution is -2.00. The van der Waals surface area contributed by atoms with Crippen LogP contribution >= 0.6 is 31.9 Å². The molecule has 0 unspecified atom stereocenters. The average molecular weight is 399 g/mol. The summed E-state index contributed by atoms with van der Waals surface area (Å²) < 4.78 is 7.21. The second-order valence-electron chi connectivity index (χ2n) is 4.75. The Morgan fingerprint density at radius 1 is 1.00 bits per heavy atom. The molecule has 0 spiro atoms. The predicted molar refractivity (Wildman–Crippen MR) is 91.6 cm³/mol. The van der Waals surface area contributed by atoms with Gasteiger partial charge in [0.1, 0.15) is 5.75 Å². The van der Waals surface area contributed by atoms with Gasteiger partial charge in [0.25, 0.3) is 0 Å². The van der Waals surface area contributed by atoms with Gasteiger partial charge >= 0.3 is 0 Å². The molecule has 0 amide bonds. The van der Waals surface area contributed by atoms with Crippen LogP contribution < -0.4 is 10.1 Å². The number of benzene rings is 2. The van der Waals surface area contributed by atoms with E-state index in [1.807, 2.05) is 0 Å². The Morgan fingerprint density at radius 3 is 2.20 bits per heavy atom. The van der Waals surface area contributed by atoms with Crippen molar-refractivity contribution in [1.82, 2.24) is 0 Å². The van der Waals surface area contributed by atoms with Gasteiger partial charge in [-0.15, -0.1) is 0 Å². The van der Waals surface area contributed by atoms with Gasteiger partial charge in [0.05, 0.1) is 16.1 Å². The molecule has 4 heteroatoms. The van der Waals surface area contributed by atoms with Crippen LogP contribution in [0.2, 0.25) is 0 Å². The molecule has 2 aromatic rings. The number of ether oxygens (including phenoxy) is 1. The Morgan fingerprint density at radius 2 is 1.65 bits per heavy atom. The van der Waals surface area contributed by atoms with Crippen LogP contribution in [0.1, 0.15) is 16.7 Å². The summed E-state index contributed by atoms with van der Waals surface area (Å²) in [4.78, 5) is 0. The number of halogens is 2. The highest BCUT2D eigenvalue weighted by Gasteiger charge is 2.07. The second kappa shape index (κ2) is 6.64. The summed E-state index contributed by atoms with van der Waals surface area (Å²) >= 11 is 7.05. The van der Waals surface area contributed by atoms with E-state index in [-0.39, 0.29) is 0 Å². The molecule has 106 valence electrons. The summed E-state index contributed by atoms with van der Waals surface area (Å²) in [5, 5.41) is 3.44. The molecule has 0 aromatic heterocycles. The molecule has 2 nitrogen and oxygen atoms in total. The normalized spacial score (nSPS) is 10.4. The highest BCUT2D eigenvalue weighted by Crippen LogP contribution is 2.34. The van der Waals surface area contributed by atoms with Gasteiger partial charge in [-0.1, -0.05) is 6.07 Å². The van der Waals surface area contributed by atoms with Crippen molar-refractivity contribution >= 4 is 37.5 Å². The van der Waals surface area contributed by atoms with Crippen molar-refractivity contribution < 1.29 is 4.74 Å². The number of methoxy groups -OCH3 is 1. The van der Waals surface area contributed by atoms with Crippen molar-refractivity contribution in [2.75, 3.05) is 12.4 Å². The zero-order valence-electron chi connectivity index (χ0n) is 11.8. The van der Waals surface area contributed by atoms with Gasteiger partial charge in [-0.3, -0.25) is 0 Å². The van der Waals surface area contributed by atoms with Crippen molar-refractivity contribution in [2.24, 2.45) is 0 Å². The van der Waals surface area contributed by atoms with Crippen LogP contribution in [0.15, 0.2) is 39.3 Å². The molecule has 0 saturated carbocycles. The summed E-state index contributed by atoms with van der Waals surface area (Å²) in [5.41, 5.74) is 4.93. The number of hydrogen-bond acceptors (Lipinski definition) is 2. The molecule has 0 aliphatic heterocycles. The quantitative estimate of drug-likeness (QED) is 0.739. The molecular weight excluding hydrogens is 382 g/mol. The molecule has 0 heterocycles. The van der Waals surface area contributed by atoms with E-state index in [1.165, 1.54) is 16.7 Å². The zero-order chi connectivity index (χ0) is 14.7. The van der Waals surface area contributed by atoms with Gasteiger partial charge in [-0.2, -0.15) is 0 Å². The smallest absolute Gasteiger partial charge is 0.147 e. The molecule has 2 aromatic carbocycles. The lowest BCUT2D eigenvalue weighted by Gasteiger charge is -2.12. The fraction of sp³-hybridized carbons (Fsp3) is 0.250. The van der Waals surface area contributed by atoms with Crippen molar-refractivity contribution in [3.8, 4) is 5.75 Å². The number of hydrogen-bond donors (Lipinski definition) is 1. The first-order chi connectivity index (χ1) is 9.51. The Kier molecular flexibility index (Phi) is 5.11. The first-order valence-electron chi connectivity index (χ1n) is 6.34. The highest BCUT2D eigenvalue weighted by molar-refractivity contribution is 9.11. The maximum atomic E-state index is 5.31. The maximum Gasteiger partial charge on any atom is 0.147 e. The fourth-order valence-electron chi connectivity index (χ4n) is 1.96. The van der Waals surface area contributed by atoms with Crippen LogP contribution in [0.5, 0.6) is 5.75 Å². The third kappa shape index (κ3) is 3.55. The largest absolute Gasteiger partial charge is 0.494 e. The molecular formula is C16H17Br2NO. The van der Waals surface area contributed by atoms with E-state index in [9.17, 15) is 0 Å². The molecule has 0 fully saturated rings. The second-order valence-corrected chi connectivity index (χ2v) is 6.45. The van der Waals surface area contributed by atoms with E-state index in [1.54, 1.807) is 7.11 Å². The van der Waals surface area contributed by atoms with Crippen molar-refractivity contribution in [1.29, 1.82) is 0 Å². The topological polar surface area (TPSA) is 21.3 Å². The van der Waals surface area contributed by atoms with Gasteiger partial charge in [0.15, 0.2) is 0 Å². The van der Waals surface area contributed by atoms with E-state index in [2.05, 4.69) is 81.4 Å². The van der Waals surface area contributed by atoms with Crippen LogP contribution in [-0.2, 0) is 6.54 Å². The first-order valence-corrected chi connectivity index (χ1v) is 7.93. The maximum absolute atomic E-state index is 5.31. The lowest BCUT2D eigenvalue weighted by atomic mass is 10.1. The molecule has 0 aliphatic carbocycles. The monoisotopic (exact) mass is 397 g/mol. The number of nitrogens with one attached hydrogen (secondary N) is 1. The summed E-state index contributed by atoms with van der Waals surface area (Å²) in [6.45, 7) is 5.02.